The Kier molecular flexibility index (Phi) is 4.08. The van der Waals surface area contributed by atoms with Crippen LogP contribution in [0.5, 0.6) is 0 Å². The Morgan fingerprint density at radius 2 is 1.83 bits per heavy atom. The Morgan fingerprint density at radius 3 is 2.42 bits per heavy atom. The highest BCUT2D eigenvalue weighted by atomic mass is 79.9. The summed E-state index contributed by atoms with van der Waals surface area (Å²) in [5.74, 6) is -0.480. The predicted octanol–water partition coefficient (Wildman–Crippen LogP) is 4.59. The van der Waals surface area contributed by atoms with Crippen molar-refractivity contribution in [3.05, 3.63) is 58.2 Å². The van der Waals surface area contributed by atoms with Crippen molar-refractivity contribution in [3.8, 4) is 5.69 Å². The van der Waals surface area contributed by atoms with Crippen molar-refractivity contribution in [1.29, 1.82) is 0 Å². The number of hydrogen-bond donors (Lipinski definition) is 0. The summed E-state index contributed by atoms with van der Waals surface area (Å²) in [6, 6.07) is 9.53. The number of halogens is 4. The van der Waals surface area contributed by atoms with Crippen molar-refractivity contribution in [2.24, 2.45) is 0 Å². The number of methoxy groups -OCH3 is 1. The number of fused-ring (bicyclic) bond motifs is 1. The van der Waals surface area contributed by atoms with Crippen molar-refractivity contribution in [2.75, 3.05) is 7.11 Å². The van der Waals surface area contributed by atoms with Gasteiger partial charge in [0.25, 0.3) is 0 Å². The molecule has 0 amide bonds. The smallest absolute Gasteiger partial charge is 0.416 e. The van der Waals surface area contributed by atoms with E-state index in [1.165, 1.54) is 23.9 Å². The summed E-state index contributed by atoms with van der Waals surface area (Å²) in [5.41, 5.74) is 0.756. The highest BCUT2D eigenvalue weighted by Gasteiger charge is 2.30. The number of carbonyl (C=O) groups excluding carboxylic acids is 1. The number of benzene rings is 2. The number of esters is 1. The molecule has 0 radical (unpaired) electrons. The van der Waals surface area contributed by atoms with Crippen molar-refractivity contribution in [1.82, 2.24) is 9.78 Å². The molecule has 4 nitrogen and oxygen atoms in total. The molecule has 124 valence electrons. The minimum atomic E-state index is -4.39. The van der Waals surface area contributed by atoms with E-state index in [2.05, 4.69) is 25.8 Å². The summed E-state index contributed by atoms with van der Waals surface area (Å²) >= 11 is 3.30. The molecule has 1 heterocycles. The fourth-order valence-corrected chi connectivity index (χ4v) is 2.79. The van der Waals surface area contributed by atoms with Gasteiger partial charge in [0.05, 0.1) is 29.4 Å². The summed E-state index contributed by atoms with van der Waals surface area (Å²) in [7, 11) is 1.28. The van der Waals surface area contributed by atoms with Crippen molar-refractivity contribution in [3.63, 3.8) is 0 Å². The molecule has 0 unspecified atom stereocenters. The van der Waals surface area contributed by atoms with Crippen LogP contribution in [0, 0.1) is 0 Å². The van der Waals surface area contributed by atoms with Crippen LogP contribution < -0.4 is 0 Å². The lowest BCUT2D eigenvalue weighted by molar-refractivity contribution is -0.137. The number of rotatable bonds is 2. The Morgan fingerprint density at radius 1 is 1.17 bits per heavy atom. The van der Waals surface area contributed by atoms with Gasteiger partial charge in [-0.3, -0.25) is 0 Å². The summed E-state index contributed by atoms with van der Waals surface area (Å²) < 4.78 is 44.6. The largest absolute Gasteiger partial charge is 0.465 e. The first kappa shape index (κ1) is 16.5. The van der Waals surface area contributed by atoms with E-state index >= 15 is 0 Å². The molecule has 3 rings (SSSR count). The topological polar surface area (TPSA) is 44.1 Å². The van der Waals surface area contributed by atoms with Crippen LogP contribution in [0.25, 0.3) is 16.6 Å². The van der Waals surface area contributed by atoms with Crippen molar-refractivity contribution in [2.45, 2.75) is 6.18 Å². The van der Waals surface area contributed by atoms with Gasteiger partial charge in [0.15, 0.2) is 0 Å². The van der Waals surface area contributed by atoms with Gasteiger partial charge in [-0.05, 0) is 58.4 Å². The molecule has 1 aromatic heterocycles. The van der Waals surface area contributed by atoms with Crippen molar-refractivity contribution >= 4 is 32.8 Å². The maximum Gasteiger partial charge on any atom is 0.416 e. The zero-order valence-electron chi connectivity index (χ0n) is 12.3. The molecule has 8 heteroatoms. The monoisotopic (exact) mass is 398 g/mol. The number of ether oxygens (including phenoxy) is 1. The molecule has 0 spiro atoms. The second kappa shape index (κ2) is 5.94. The van der Waals surface area contributed by atoms with Gasteiger partial charge in [-0.15, -0.1) is 0 Å². The molecule has 2 aromatic carbocycles. The molecular weight excluding hydrogens is 389 g/mol. The van der Waals surface area contributed by atoms with E-state index in [0.29, 0.717) is 26.8 Å². The SMILES string of the molecule is COC(=O)c1ccc2c(c1)c(Br)nn2-c1ccc(C(F)(F)F)cc1. The van der Waals surface area contributed by atoms with Gasteiger partial charge in [-0.1, -0.05) is 0 Å². The van der Waals surface area contributed by atoms with Crippen LogP contribution in [-0.2, 0) is 10.9 Å². The number of aromatic nitrogens is 2. The quantitative estimate of drug-likeness (QED) is 0.592. The predicted molar refractivity (Wildman–Crippen MR) is 85.1 cm³/mol. The van der Waals surface area contributed by atoms with Crippen LogP contribution >= 0.6 is 15.9 Å². The number of hydrogen-bond acceptors (Lipinski definition) is 3. The van der Waals surface area contributed by atoms with E-state index < -0.39 is 17.7 Å². The van der Waals surface area contributed by atoms with Crippen LogP contribution in [0.15, 0.2) is 47.1 Å². The third-order valence-electron chi connectivity index (χ3n) is 3.50. The molecule has 24 heavy (non-hydrogen) atoms. The summed E-state index contributed by atoms with van der Waals surface area (Å²) in [6.45, 7) is 0. The molecule has 0 saturated carbocycles. The van der Waals surface area contributed by atoms with E-state index in [4.69, 9.17) is 0 Å². The molecule has 0 atom stereocenters. The molecule has 0 saturated heterocycles. The number of carbonyl (C=O) groups is 1. The first-order valence-electron chi connectivity index (χ1n) is 6.75. The van der Waals surface area contributed by atoms with E-state index in [9.17, 15) is 18.0 Å². The lowest BCUT2D eigenvalue weighted by Crippen LogP contribution is -2.05. The Labute approximate surface area is 143 Å². The van der Waals surface area contributed by atoms with Crippen LogP contribution in [-0.4, -0.2) is 22.9 Å². The summed E-state index contributed by atoms with van der Waals surface area (Å²) in [5, 5.41) is 4.93. The molecule has 3 aromatic rings. The van der Waals surface area contributed by atoms with E-state index in [1.807, 2.05) is 0 Å². The lowest BCUT2D eigenvalue weighted by atomic mass is 10.1. The van der Waals surface area contributed by atoms with Gasteiger partial charge in [0, 0.05) is 5.39 Å². The molecule has 0 bridgehead atoms. The van der Waals surface area contributed by atoms with E-state index in [1.54, 1.807) is 18.2 Å². The molecule has 0 aliphatic carbocycles. The van der Waals surface area contributed by atoms with Gasteiger partial charge in [0.2, 0.25) is 0 Å². The van der Waals surface area contributed by atoms with Gasteiger partial charge in [0.1, 0.15) is 4.60 Å². The van der Waals surface area contributed by atoms with E-state index in [0.717, 1.165) is 12.1 Å². The zero-order valence-corrected chi connectivity index (χ0v) is 13.9. The van der Waals surface area contributed by atoms with E-state index in [-0.39, 0.29) is 0 Å². The van der Waals surface area contributed by atoms with Gasteiger partial charge < -0.3 is 4.74 Å². The maximum atomic E-state index is 12.7. The highest BCUT2D eigenvalue weighted by Crippen LogP contribution is 2.31. The highest BCUT2D eigenvalue weighted by molar-refractivity contribution is 9.10. The number of alkyl halides is 3. The Bertz CT molecular complexity index is 917. The molecule has 0 aliphatic rings. The average molecular weight is 399 g/mol. The van der Waals surface area contributed by atoms with Crippen LogP contribution in [0.2, 0.25) is 0 Å². The lowest BCUT2D eigenvalue weighted by Gasteiger charge is -2.08. The second-order valence-electron chi connectivity index (χ2n) is 4.97. The number of nitrogens with zero attached hydrogens (tertiary/aromatic N) is 2. The standard InChI is InChI=1S/C16H10BrF3N2O2/c1-24-15(23)9-2-7-13-12(8-9)14(17)21-22(13)11-5-3-10(4-6-11)16(18,19)20/h2-8H,1H3. The van der Waals surface area contributed by atoms with Crippen molar-refractivity contribution < 1.29 is 22.7 Å². The minimum absolute atomic E-state index is 0.359. The minimum Gasteiger partial charge on any atom is -0.465 e. The maximum absolute atomic E-state index is 12.7. The van der Waals surface area contributed by atoms with Gasteiger partial charge in [-0.25, -0.2) is 9.48 Å². The summed E-state index contributed by atoms with van der Waals surface area (Å²) in [4.78, 5) is 11.6. The second-order valence-corrected chi connectivity index (χ2v) is 5.72. The Balaban J connectivity index is 2.09. The Hall–Kier alpha value is -2.35. The zero-order chi connectivity index (χ0) is 17.5. The van der Waals surface area contributed by atoms with Gasteiger partial charge >= 0.3 is 12.1 Å². The molecule has 0 aliphatic heterocycles. The average Bonchev–Trinajstić information content (AvgIpc) is 2.90. The normalized spacial score (nSPS) is 11.7. The summed E-state index contributed by atoms with van der Waals surface area (Å²) in [6.07, 6.45) is -4.39. The molecule has 0 N–H and O–H groups in total. The fraction of sp³-hybridized carbons (Fsp3) is 0.125. The first-order valence-corrected chi connectivity index (χ1v) is 7.55. The van der Waals surface area contributed by atoms with Gasteiger partial charge in [-0.2, -0.15) is 18.3 Å². The first-order chi connectivity index (χ1) is 11.3. The van der Waals surface area contributed by atoms with Crippen LogP contribution in [0.1, 0.15) is 15.9 Å². The fourth-order valence-electron chi connectivity index (χ4n) is 2.31. The third kappa shape index (κ3) is 2.89. The van der Waals surface area contributed by atoms with Crippen LogP contribution in [0.4, 0.5) is 13.2 Å². The molecular formula is C16H10BrF3N2O2. The third-order valence-corrected chi connectivity index (χ3v) is 4.08. The van der Waals surface area contributed by atoms with Crippen LogP contribution in [0.3, 0.4) is 0 Å². The molecule has 0 fully saturated rings.